The van der Waals surface area contributed by atoms with Crippen molar-refractivity contribution in [3.05, 3.63) is 29.0 Å². The number of amides is 1. The predicted molar refractivity (Wildman–Crippen MR) is 82.4 cm³/mol. The highest BCUT2D eigenvalue weighted by Crippen LogP contribution is 2.23. The SMILES string of the molecule is Cc1cc2onc(CC(=O)NC3CCS(=O)(=O)C3)c2cc1C. The number of nitrogens with zero attached hydrogens (tertiary/aromatic N) is 1. The van der Waals surface area contributed by atoms with Crippen LogP contribution >= 0.6 is 0 Å². The first kappa shape index (κ1) is 15.0. The van der Waals surface area contributed by atoms with Gasteiger partial charge in [0.2, 0.25) is 5.91 Å². The summed E-state index contributed by atoms with van der Waals surface area (Å²) in [6.07, 6.45) is 0.567. The molecule has 2 aromatic rings. The number of aromatic nitrogens is 1. The van der Waals surface area contributed by atoms with Crippen LogP contribution in [0.15, 0.2) is 16.7 Å². The van der Waals surface area contributed by atoms with Crippen molar-refractivity contribution in [2.24, 2.45) is 0 Å². The molecule has 0 spiro atoms. The van der Waals surface area contributed by atoms with Crippen LogP contribution in [0.5, 0.6) is 0 Å². The molecule has 1 fully saturated rings. The normalized spacial score (nSPS) is 20.4. The Balaban J connectivity index is 1.73. The Morgan fingerprint density at radius 2 is 2.09 bits per heavy atom. The topological polar surface area (TPSA) is 89.3 Å². The third-order valence-electron chi connectivity index (χ3n) is 4.09. The molecule has 0 saturated carbocycles. The van der Waals surface area contributed by atoms with Gasteiger partial charge in [-0.25, -0.2) is 8.42 Å². The van der Waals surface area contributed by atoms with E-state index in [-0.39, 0.29) is 29.9 Å². The molecule has 3 rings (SSSR count). The number of hydrogen-bond donors (Lipinski definition) is 1. The fraction of sp³-hybridized carbons (Fsp3) is 0.467. The lowest BCUT2D eigenvalue weighted by Gasteiger charge is -2.09. The summed E-state index contributed by atoms with van der Waals surface area (Å²) in [5, 5.41) is 7.56. The molecule has 0 bridgehead atoms. The third-order valence-corrected chi connectivity index (χ3v) is 5.85. The fourth-order valence-electron chi connectivity index (χ4n) is 2.71. The van der Waals surface area contributed by atoms with Crippen LogP contribution in [-0.4, -0.2) is 37.0 Å². The van der Waals surface area contributed by atoms with Gasteiger partial charge in [-0.05, 0) is 43.5 Å². The Labute approximate surface area is 128 Å². The van der Waals surface area contributed by atoms with Crippen molar-refractivity contribution in [1.29, 1.82) is 0 Å². The van der Waals surface area contributed by atoms with Crippen molar-refractivity contribution in [3.8, 4) is 0 Å². The van der Waals surface area contributed by atoms with Gasteiger partial charge < -0.3 is 9.84 Å². The fourth-order valence-corrected chi connectivity index (χ4v) is 4.38. The standard InChI is InChI=1S/C15H18N2O4S/c1-9-5-12-13(17-21-14(12)6-10(9)2)7-15(18)16-11-3-4-22(19,20)8-11/h5-6,11H,3-4,7-8H2,1-2H3,(H,16,18). The maximum atomic E-state index is 12.1. The Hall–Kier alpha value is -1.89. The molecule has 2 heterocycles. The maximum absolute atomic E-state index is 12.1. The minimum Gasteiger partial charge on any atom is -0.356 e. The number of hydrogen-bond acceptors (Lipinski definition) is 5. The summed E-state index contributed by atoms with van der Waals surface area (Å²) in [7, 11) is -3.00. The van der Waals surface area contributed by atoms with E-state index in [0.717, 1.165) is 16.5 Å². The number of carbonyl (C=O) groups is 1. The summed E-state index contributed by atoms with van der Waals surface area (Å²) in [6.45, 7) is 3.99. The number of aryl methyl sites for hydroxylation is 2. The Kier molecular flexibility index (Phi) is 3.68. The Bertz CT molecular complexity index is 839. The third kappa shape index (κ3) is 2.99. The summed E-state index contributed by atoms with van der Waals surface area (Å²) < 4.78 is 28.1. The number of fused-ring (bicyclic) bond motifs is 1. The lowest BCUT2D eigenvalue weighted by molar-refractivity contribution is -0.121. The quantitative estimate of drug-likeness (QED) is 0.920. The second kappa shape index (κ2) is 5.39. The highest BCUT2D eigenvalue weighted by Gasteiger charge is 2.29. The summed E-state index contributed by atoms with van der Waals surface area (Å²) in [5.74, 6) is -0.0598. The van der Waals surface area contributed by atoms with E-state index in [4.69, 9.17) is 4.52 Å². The van der Waals surface area contributed by atoms with Gasteiger partial charge in [-0.3, -0.25) is 4.79 Å². The number of benzene rings is 1. The van der Waals surface area contributed by atoms with Gasteiger partial charge in [-0.15, -0.1) is 0 Å². The second-order valence-corrected chi connectivity index (χ2v) is 8.13. The minimum atomic E-state index is -3.00. The van der Waals surface area contributed by atoms with E-state index < -0.39 is 9.84 Å². The van der Waals surface area contributed by atoms with Gasteiger partial charge in [-0.1, -0.05) is 5.16 Å². The first-order valence-electron chi connectivity index (χ1n) is 7.19. The zero-order valence-electron chi connectivity index (χ0n) is 12.5. The van der Waals surface area contributed by atoms with Crippen LogP contribution in [0.1, 0.15) is 23.2 Å². The highest BCUT2D eigenvalue weighted by molar-refractivity contribution is 7.91. The Morgan fingerprint density at radius 3 is 2.77 bits per heavy atom. The van der Waals surface area contributed by atoms with E-state index in [0.29, 0.717) is 17.7 Å². The smallest absolute Gasteiger partial charge is 0.226 e. The van der Waals surface area contributed by atoms with Gasteiger partial charge in [0, 0.05) is 11.4 Å². The molecule has 6 nitrogen and oxygen atoms in total. The van der Waals surface area contributed by atoms with Gasteiger partial charge >= 0.3 is 0 Å². The van der Waals surface area contributed by atoms with E-state index in [1.165, 1.54) is 0 Å². The molecular weight excluding hydrogens is 304 g/mol. The molecule has 1 N–H and O–H groups in total. The molecule has 7 heteroatoms. The van der Waals surface area contributed by atoms with Gasteiger partial charge in [0.25, 0.3) is 0 Å². The summed E-state index contributed by atoms with van der Waals surface area (Å²) in [4.78, 5) is 12.1. The van der Waals surface area contributed by atoms with E-state index in [9.17, 15) is 13.2 Å². The first-order chi connectivity index (χ1) is 10.3. The number of rotatable bonds is 3. The molecule has 1 saturated heterocycles. The van der Waals surface area contributed by atoms with Crippen molar-refractivity contribution in [2.75, 3.05) is 11.5 Å². The molecule has 118 valence electrons. The molecule has 1 aliphatic heterocycles. The van der Waals surface area contributed by atoms with Crippen LogP contribution in [0.25, 0.3) is 11.0 Å². The average molecular weight is 322 g/mol. The van der Waals surface area contributed by atoms with Crippen molar-refractivity contribution in [3.63, 3.8) is 0 Å². The van der Waals surface area contributed by atoms with Gasteiger partial charge in [0.05, 0.1) is 17.9 Å². The molecule has 1 aromatic carbocycles. The van der Waals surface area contributed by atoms with E-state index in [1.807, 2.05) is 26.0 Å². The molecule has 1 atom stereocenters. The van der Waals surface area contributed by atoms with Crippen LogP contribution in [0.4, 0.5) is 0 Å². The zero-order chi connectivity index (χ0) is 15.9. The first-order valence-corrected chi connectivity index (χ1v) is 9.01. The summed E-state index contributed by atoms with van der Waals surface area (Å²) in [5.41, 5.74) is 3.46. The minimum absolute atomic E-state index is 0.0244. The molecular formula is C15H18N2O4S. The van der Waals surface area contributed by atoms with Gasteiger partial charge in [0.1, 0.15) is 5.69 Å². The van der Waals surface area contributed by atoms with E-state index in [1.54, 1.807) is 0 Å². The molecule has 0 radical (unpaired) electrons. The summed E-state index contributed by atoms with van der Waals surface area (Å²) in [6, 6.07) is 3.58. The lowest BCUT2D eigenvalue weighted by Crippen LogP contribution is -2.36. The number of sulfone groups is 1. The number of carbonyl (C=O) groups excluding carboxylic acids is 1. The van der Waals surface area contributed by atoms with Crippen LogP contribution in [0, 0.1) is 13.8 Å². The average Bonchev–Trinajstić information content (AvgIpc) is 2.95. The molecule has 1 aliphatic rings. The van der Waals surface area contributed by atoms with Gasteiger partial charge in [0.15, 0.2) is 15.4 Å². The van der Waals surface area contributed by atoms with E-state index >= 15 is 0 Å². The number of nitrogens with one attached hydrogen (secondary N) is 1. The van der Waals surface area contributed by atoms with Crippen molar-refractivity contribution in [1.82, 2.24) is 10.5 Å². The van der Waals surface area contributed by atoms with Crippen LogP contribution < -0.4 is 5.32 Å². The largest absolute Gasteiger partial charge is 0.356 e. The predicted octanol–water partition coefficient (Wildman–Crippen LogP) is 1.29. The second-order valence-electron chi connectivity index (χ2n) is 5.91. The van der Waals surface area contributed by atoms with Crippen LogP contribution in [0.3, 0.4) is 0 Å². The van der Waals surface area contributed by atoms with Crippen molar-refractivity contribution < 1.29 is 17.7 Å². The lowest BCUT2D eigenvalue weighted by atomic mass is 10.1. The summed E-state index contributed by atoms with van der Waals surface area (Å²) >= 11 is 0. The molecule has 0 aliphatic carbocycles. The Morgan fingerprint density at radius 1 is 1.36 bits per heavy atom. The van der Waals surface area contributed by atoms with Crippen molar-refractivity contribution in [2.45, 2.75) is 32.7 Å². The molecule has 22 heavy (non-hydrogen) atoms. The van der Waals surface area contributed by atoms with Crippen LogP contribution in [0.2, 0.25) is 0 Å². The highest BCUT2D eigenvalue weighted by atomic mass is 32.2. The molecule has 1 unspecified atom stereocenters. The monoisotopic (exact) mass is 322 g/mol. The van der Waals surface area contributed by atoms with Crippen molar-refractivity contribution >= 4 is 26.7 Å². The van der Waals surface area contributed by atoms with Gasteiger partial charge in [-0.2, -0.15) is 0 Å². The maximum Gasteiger partial charge on any atom is 0.226 e. The van der Waals surface area contributed by atoms with E-state index in [2.05, 4.69) is 10.5 Å². The zero-order valence-corrected chi connectivity index (χ0v) is 13.4. The molecule has 1 amide bonds. The van der Waals surface area contributed by atoms with Crippen LogP contribution in [-0.2, 0) is 21.1 Å². The molecule has 1 aromatic heterocycles.